The van der Waals surface area contributed by atoms with Crippen LogP contribution in [0.3, 0.4) is 0 Å². The van der Waals surface area contributed by atoms with Crippen molar-refractivity contribution in [1.82, 2.24) is 20.0 Å². The number of methoxy groups -OCH3 is 1. The van der Waals surface area contributed by atoms with Crippen molar-refractivity contribution in [2.45, 2.75) is 38.1 Å². The van der Waals surface area contributed by atoms with Gasteiger partial charge in [-0.05, 0) is 36.7 Å². The molecule has 38 heavy (non-hydrogen) atoms. The molecule has 1 aromatic carbocycles. The van der Waals surface area contributed by atoms with Crippen LogP contribution < -0.4 is 5.32 Å². The van der Waals surface area contributed by atoms with Crippen molar-refractivity contribution in [2.75, 3.05) is 27.3 Å². The maximum Gasteiger partial charge on any atom is 0.435 e. The summed E-state index contributed by atoms with van der Waals surface area (Å²) in [5.74, 6) is -0.646. The van der Waals surface area contributed by atoms with E-state index >= 15 is 0 Å². The summed E-state index contributed by atoms with van der Waals surface area (Å²) >= 11 is 1.30. The van der Waals surface area contributed by atoms with Crippen LogP contribution in [0.25, 0.3) is 11.1 Å². The van der Waals surface area contributed by atoms with Crippen LogP contribution in [0.5, 0.6) is 0 Å². The Morgan fingerprint density at radius 1 is 1.34 bits per heavy atom. The highest BCUT2D eigenvalue weighted by molar-refractivity contribution is 7.12. The second-order valence-corrected chi connectivity index (χ2v) is 10.1. The van der Waals surface area contributed by atoms with E-state index < -0.39 is 17.8 Å². The zero-order valence-corrected chi connectivity index (χ0v) is 22.1. The quantitative estimate of drug-likeness (QED) is 0.414. The molecular weight excluding hydrogens is 515 g/mol. The number of hydrogen-bond donors (Lipinski definition) is 1. The van der Waals surface area contributed by atoms with Crippen LogP contribution in [-0.2, 0) is 28.8 Å². The third-order valence-corrected chi connectivity index (χ3v) is 7.59. The molecule has 1 aliphatic rings. The van der Waals surface area contributed by atoms with Gasteiger partial charge in [0.1, 0.15) is 10.9 Å². The number of alkyl halides is 3. The molecule has 0 fully saturated rings. The van der Waals surface area contributed by atoms with E-state index in [0.29, 0.717) is 35.7 Å². The Morgan fingerprint density at radius 3 is 2.76 bits per heavy atom. The van der Waals surface area contributed by atoms with Gasteiger partial charge in [-0.3, -0.25) is 9.48 Å². The van der Waals surface area contributed by atoms with Crippen LogP contribution in [-0.4, -0.2) is 53.9 Å². The van der Waals surface area contributed by atoms with E-state index in [9.17, 15) is 23.2 Å². The number of nitriles is 1. The van der Waals surface area contributed by atoms with Gasteiger partial charge in [0.2, 0.25) is 5.91 Å². The molecule has 2 aromatic heterocycles. The number of halogens is 3. The van der Waals surface area contributed by atoms with E-state index in [0.717, 1.165) is 10.4 Å². The molecular formula is C27H28F3N5O2S. The van der Waals surface area contributed by atoms with Crippen molar-refractivity contribution in [3.63, 3.8) is 0 Å². The summed E-state index contributed by atoms with van der Waals surface area (Å²) in [6.07, 6.45) is 0.00302. The highest BCUT2D eigenvalue weighted by Crippen LogP contribution is 2.44. The number of nitrogens with one attached hydrogen (secondary N) is 1. The van der Waals surface area contributed by atoms with E-state index in [-0.39, 0.29) is 24.1 Å². The second kappa shape index (κ2) is 11.5. The van der Waals surface area contributed by atoms with Crippen LogP contribution >= 0.6 is 11.3 Å². The number of amides is 1. The van der Waals surface area contributed by atoms with Crippen molar-refractivity contribution in [1.29, 1.82) is 5.26 Å². The smallest absolute Gasteiger partial charge is 0.383 e. The van der Waals surface area contributed by atoms with Gasteiger partial charge in [0, 0.05) is 54.9 Å². The molecule has 3 heterocycles. The molecule has 0 bridgehead atoms. The van der Waals surface area contributed by atoms with Crippen LogP contribution in [0.15, 0.2) is 48.7 Å². The Morgan fingerprint density at radius 2 is 2.11 bits per heavy atom. The first-order chi connectivity index (χ1) is 18.2. The zero-order valence-electron chi connectivity index (χ0n) is 21.2. The molecule has 3 aromatic rings. The van der Waals surface area contributed by atoms with Gasteiger partial charge in [-0.15, -0.1) is 11.3 Å². The minimum absolute atomic E-state index is 0.00740. The Hall–Kier alpha value is -3.46. The number of aryl methyl sites for hydroxylation is 1. The monoisotopic (exact) mass is 543 g/mol. The topological polar surface area (TPSA) is 83.2 Å². The summed E-state index contributed by atoms with van der Waals surface area (Å²) in [5.41, 5.74) is 0.951. The minimum Gasteiger partial charge on any atom is -0.383 e. The summed E-state index contributed by atoms with van der Waals surface area (Å²) < 4.78 is 48.3. The predicted octanol–water partition coefficient (Wildman–Crippen LogP) is 4.79. The first-order valence-corrected chi connectivity index (χ1v) is 12.9. The number of benzene rings is 1. The number of hydrogen-bond acceptors (Lipinski definition) is 6. The number of ether oxygens (including phenoxy) is 1. The summed E-state index contributed by atoms with van der Waals surface area (Å²) in [7, 11) is 3.34. The zero-order chi connectivity index (χ0) is 27.4. The fourth-order valence-corrected chi connectivity index (χ4v) is 5.70. The van der Waals surface area contributed by atoms with E-state index in [1.807, 2.05) is 0 Å². The van der Waals surface area contributed by atoms with Crippen molar-refractivity contribution >= 4 is 17.2 Å². The Bertz CT molecular complexity index is 1370. The Labute approximate surface area is 223 Å². The molecule has 7 nitrogen and oxygen atoms in total. The second-order valence-electron chi connectivity index (χ2n) is 8.91. The average Bonchev–Trinajstić information content (AvgIpc) is 3.54. The summed E-state index contributed by atoms with van der Waals surface area (Å²) in [6, 6.07) is 10.7. The number of likely N-dealkylation sites (N-methyl/N-ethyl adjacent to an activating group) is 1. The van der Waals surface area contributed by atoms with Gasteiger partial charge >= 0.3 is 6.18 Å². The van der Waals surface area contributed by atoms with E-state index in [1.54, 1.807) is 62.4 Å². The Balaban J connectivity index is 1.78. The molecule has 1 N–H and O–H groups in total. The molecule has 0 saturated heterocycles. The molecule has 11 heteroatoms. The maximum atomic E-state index is 14.0. The number of rotatable bonds is 8. The SMILES string of the molecule is CCn1cc(-c2ccccc2[C@@H]2CN(C(=O)/C=C/[C@@H](COC)NC)Cc3sc(C#N)cc32)c(C(F)(F)F)n1. The molecule has 0 aliphatic carbocycles. The lowest BCUT2D eigenvalue weighted by molar-refractivity contribution is -0.141. The molecule has 4 rings (SSSR count). The van der Waals surface area contributed by atoms with Gasteiger partial charge in [-0.25, -0.2) is 0 Å². The lowest BCUT2D eigenvalue weighted by Crippen LogP contribution is -2.37. The number of carbonyl (C=O) groups is 1. The highest BCUT2D eigenvalue weighted by Gasteiger charge is 2.39. The maximum absolute atomic E-state index is 14.0. The predicted molar refractivity (Wildman–Crippen MR) is 138 cm³/mol. The summed E-state index contributed by atoms with van der Waals surface area (Å²) in [5, 5.41) is 16.4. The molecule has 2 atom stereocenters. The van der Waals surface area contributed by atoms with Crippen molar-refractivity contribution in [3.8, 4) is 17.2 Å². The third kappa shape index (κ3) is 5.67. The molecule has 200 valence electrons. The van der Waals surface area contributed by atoms with E-state index in [4.69, 9.17) is 4.74 Å². The third-order valence-electron chi connectivity index (χ3n) is 6.55. The first kappa shape index (κ1) is 27.6. The van der Waals surface area contributed by atoms with Gasteiger partial charge in [0.05, 0.1) is 13.2 Å². The van der Waals surface area contributed by atoms with Crippen molar-refractivity contribution < 1.29 is 22.7 Å². The van der Waals surface area contributed by atoms with Gasteiger partial charge in [0.15, 0.2) is 5.69 Å². The largest absolute Gasteiger partial charge is 0.435 e. The lowest BCUT2D eigenvalue weighted by atomic mass is 9.83. The number of fused-ring (bicyclic) bond motifs is 1. The fraction of sp³-hybridized carbons (Fsp3) is 0.370. The number of aromatic nitrogens is 2. The standard InChI is InChI=1S/C27H28F3N5O2S/c1-4-35-14-23(26(33-35)27(28,29)30)20-8-6-5-7-19(20)22-13-34(15-24-21(22)11-18(12-31)38-24)25(36)10-9-17(32-2)16-37-3/h5-11,14,17,22,32H,4,13,15-16H2,1-3H3/b10-9+/t17-,22-/m0/s1. The molecule has 0 spiro atoms. The number of nitrogens with zero attached hydrogens (tertiary/aromatic N) is 4. The molecule has 0 unspecified atom stereocenters. The normalized spacial score (nSPS) is 16.4. The minimum atomic E-state index is -4.63. The van der Waals surface area contributed by atoms with Crippen molar-refractivity contribution in [3.05, 3.63) is 75.3 Å². The average molecular weight is 544 g/mol. The van der Waals surface area contributed by atoms with Crippen molar-refractivity contribution in [2.24, 2.45) is 0 Å². The highest BCUT2D eigenvalue weighted by atomic mass is 32.1. The van der Waals surface area contributed by atoms with Crippen LogP contribution in [0.1, 0.15) is 39.4 Å². The van der Waals surface area contributed by atoms with Crippen LogP contribution in [0.2, 0.25) is 0 Å². The molecule has 1 aliphatic heterocycles. The van der Waals surface area contributed by atoms with Gasteiger partial charge in [-0.1, -0.05) is 30.3 Å². The van der Waals surface area contributed by atoms with Gasteiger partial charge in [0.25, 0.3) is 0 Å². The van der Waals surface area contributed by atoms with E-state index in [2.05, 4.69) is 16.5 Å². The first-order valence-electron chi connectivity index (χ1n) is 12.1. The Kier molecular flexibility index (Phi) is 8.35. The lowest BCUT2D eigenvalue weighted by Gasteiger charge is -2.33. The molecule has 0 saturated carbocycles. The fourth-order valence-electron chi connectivity index (χ4n) is 4.66. The van der Waals surface area contributed by atoms with Crippen LogP contribution in [0.4, 0.5) is 13.2 Å². The summed E-state index contributed by atoms with van der Waals surface area (Å²) in [4.78, 5) is 16.2. The molecule has 0 radical (unpaired) electrons. The van der Waals surface area contributed by atoms with Gasteiger partial charge in [-0.2, -0.15) is 23.5 Å². The van der Waals surface area contributed by atoms with Gasteiger partial charge < -0.3 is 15.0 Å². The van der Waals surface area contributed by atoms with Crippen LogP contribution in [0, 0.1) is 11.3 Å². The number of carbonyl (C=O) groups excluding carboxylic acids is 1. The number of thiophene rings is 1. The van der Waals surface area contributed by atoms with E-state index in [1.165, 1.54) is 28.3 Å². The summed E-state index contributed by atoms with van der Waals surface area (Å²) in [6.45, 7) is 2.99. The molecule has 1 amide bonds.